The molecule has 1 aromatic carbocycles. The van der Waals surface area contributed by atoms with Gasteiger partial charge in [-0.25, -0.2) is 13.6 Å². The molecule has 7 heteroatoms. The largest absolute Gasteiger partial charge is 0.448 e. The molecule has 21 heavy (non-hydrogen) atoms. The average molecular weight is 294 g/mol. The molecule has 0 aliphatic carbocycles. The topological polar surface area (TPSA) is 71.2 Å². The SMILES string of the molecule is C[C@@H](OC(=O)c1ccc[nH]1)C(=O)Nc1cc(F)ccc1F. The summed E-state index contributed by atoms with van der Waals surface area (Å²) in [5.74, 6) is -2.96. The van der Waals surface area contributed by atoms with Crippen LogP contribution in [0.3, 0.4) is 0 Å². The number of carbonyl (C=O) groups is 2. The van der Waals surface area contributed by atoms with E-state index in [0.29, 0.717) is 0 Å². The van der Waals surface area contributed by atoms with E-state index in [2.05, 4.69) is 10.3 Å². The fraction of sp³-hybridized carbons (Fsp3) is 0.143. The molecule has 0 aliphatic heterocycles. The Morgan fingerprint density at radius 1 is 1.29 bits per heavy atom. The summed E-state index contributed by atoms with van der Waals surface area (Å²) in [6, 6.07) is 5.75. The maximum absolute atomic E-state index is 13.4. The van der Waals surface area contributed by atoms with Crippen LogP contribution >= 0.6 is 0 Å². The van der Waals surface area contributed by atoms with Crippen molar-refractivity contribution in [2.75, 3.05) is 5.32 Å². The Labute approximate surface area is 118 Å². The molecule has 1 atom stereocenters. The minimum atomic E-state index is -1.16. The van der Waals surface area contributed by atoms with Crippen molar-refractivity contribution < 1.29 is 23.1 Å². The number of amides is 1. The highest BCUT2D eigenvalue weighted by molar-refractivity contribution is 5.96. The van der Waals surface area contributed by atoms with E-state index in [-0.39, 0.29) is 11.4 Å². The van der Waals surface area contributed by atoms with Crippen LogP contribution < -0.4 is 5.32 Å². The van der Waals surface area contributed by atoms with Gasteiger partial charge in [0, 0.05) is 12.3 Å². The van der Waals surface area contributed by atoms with Crippen molar-refractivity contribution in [3.8, 4) is 0 Å². The van der Waals surface area contributed by atoms with Crippen molar-refractivity contribution in [2.45, 2.75) is 13.0 Å². The smallest absolute Gasteiger partial charge is 0.355 e. The van der Waals surface area contributed by atoms with Crippen molar-refractivity contribution in [3.63, 3.8) is 0 Å². The van der Waals surface area contributed by atoms with E-state index in [1.807, 2.05) is 0 Å². The van der Waals surface area contributed by atoms with E-state index in [1.54, 1.807) is 6.07 Å². The second-order valence-corrected chi connectivity index (χ2v) is 4.24. The Morgan fingerprint density at radius 3 is 2.71 bits per heavy atom. The quantitative estimate of drug-likeness (QED) is 0.851. The number of ether oxygens (including phenoxy) is 1. The molecular weight excluding hydrogens is 282 g/mol. The Kier molecular flexibility index (Phi) is 4.32. The third-order valence-electron chi connectivity index (χ3n) is 2.66. The van der Waals surface area contributed by atoms with Gasteiger partial charge < -0.3 is 15.0 Å². The predicted molar refractivity (Wildman–Crippen MR) is 70.7 cm³/mol. The molecule has 0 spiro atoms. The van der Waals surface area contributed by atoms with E-state index in [4.69, 9.17) is 4.74 Å². The highest BCUT2D eigenvalue weighted by atomic mass is 19.1. The van der Waals surface area contributed by atoms with Gasteiger partial charge in [-0.1, -0.05) is 0 Å². The van der Waals surface area contributed by atoms with Gasteiger partial charge in [0.05, 0.1) is 5.69 Å². The lowest BCUT2D eigenvalue weighted by Gasteiger charge is -2.13. The molecule has 0 saturated carbocycles. The Hall–Kier alpha value is -2.70. The van der Waals surface area contributed by atoms with Gasteiger partial charge in [0.15, 0.2) is 6.10 Å². The highest BCUT2D eigenvalue weighted by Crippen LogP contribution is 2.16. The number of H-pyrrole nitrogens is 1. The molecule has 0 aliphatic rings. The number of anilines is 1. The van der Waals surface area contributed by atoms with Gasteiger partial charge in [0.25, 0.3) is 5.91 Å². The zero-order chi connectivity index (χ0) is 15.4. The number of hydrogen-bond acceptors (Lipinski definition) is 3. The fourth-order valence-corrected chi connectivity index (χ4v) is 1.56. The number of esters is 1. The molecule has 0 fully saturated rings. The monoisotopic (exact) mass is 294 g/mol. The number of benzene rings is 1. The summed E-state index contributed by atoms with van der Waals surface area (Å²) >= 11 is 0. The van der Waals surface area contributed by atoms with Crippen LogP contribution in [0.5, 0.6) is 0 Å². The first-order valence-electron chi connectivity index (χ1n) is 6.07. The highest BCUT2D eigenvalue weighted by Gasteiger charge is 2.20. The third-order valence-corrected chi connectivity index (χ3v) is 2.66. The number of halogens is 2. The molecule has 5 nitrogen and oxygen atoms in total. The first kappa shape index (κ1) is 14.7. The van der Waals surface area contributed by atoms with E-state index in [0.717, 1.165) is 18.2 Å². The normalized spacial score (nSPS) is 11.8. The van der Waals surface area contributed by atoms with Gasteiger partial charge in [-0.05, 0) is 31.2 Å². The summed E-state index contributed by atoms with van der Waals surface area (Å²) < 4.78 is 31.3. The van der Waals surface area contributed by atoms with E-state index in [9.17, 15) is 18.4 Å². The minimum Gasteiger partial charge on any atom is -0.448 e. The van der Waals surface area contributed by atoms with Gasteiger partial charge in [-0.2, -0.15) is 0 Å². The Balaban J connectivity index is 1.99. The van der Waals surface area contributed by atoms with Crippen LogP contribution in [-0.4, -0.2) is 23.0 Å². The molecule has 1 aromatic heterocycles. The van der Waals surface area contributed by atoms with Crippen LogP contribution in [-0.2, 0) is 9.53 Å². The Bertz CT molecular complexity index is 656. The second-order valence-electron chi connectivity index (χ2n) is 4.24. The van der Waals surface area contributed by atoms with Crippen LogP contribution in [0.15, 0.2) is 36.5 Å². The summed E-state index contributed by atoms with van der Waals surface area (Å²) in [6.07, 6.45) is 0.368. The molecular formula is C14H12F2N2O3. The molecule has 2 rings (SSSR count). The second kappa shape index (κ2) is 6.17. The standard InChI is InChI=1S/C14H12F2N2O3/c1-8(21-14(20)11-3-2-6-17-11)13(19)18-12-7-9(15)4-5-10(12)16/h2-8,17H,1H3,(H,18,19)/t8-/m1/s1. The minimum absolute atomic E-state index is 0.187. The molecule has 0 bridgehead atoms. The number of nitrogens with one attached hydrogen (secondary N) is 2. The summed E-state index contributed by atoms with van der Waals surface area (Å²) in [7, 11) is 0. The summed E-state index contributed by atoms with van der Waals surface area (Å²) in [5.41, 5.74) is -0.130. The van der Waals surface area contributed by atoms with Crippen molar-refractivity contribution in [2.24, 2.45) is 0 Å². The maximum Gasteiger partial charge on any atom is 0.355 e. The van der Waals surface area contributed by atoms with Gasteiger partial charge >= 0.3 is 5.97 Å². The van der Waals surface area contributed by atoms with Gasteiger partial charge in [-0.3, -0.25) is 4.79 Å². The molecule has 1 heterocycles. The fourth-order valence-electron chi connectivity index (χ4n) is 1.56. The van der Waals surface area contributed by atoms with Crippen LogP contribution in [0.25, 0.3) is 0 Å². The lowest BCUT2D eigenvalue weighted by Crippen LogP contribution is -2.30. The Morgan fingerprint density at radius 2 is 2.05 bits per heavy atom. The van der Waals surface area contributed by atoms with Crippen LogP contribution in [0, 0.1) is 11.6 Å². The lowest BCUT2D eigenvalue weighted by molar-refractivity contribution is -0.123. The predicted octanol–water partition coefficient (Wildman–Crippen LogP) is 2.48. The van der Waals surface area contributed by atoms with Crippen molar-refractivity contribution in [1.82, 2.24) is 4.98 Å². The van der Waals surface area contributed by atoms with Crippen molar-refractivity contribution in [3.05, 3.63) is 53.9 Å². The number of rotatable bonds is 4. The molecule has 2 aromatic rings. The van der Waals surface area contributed by atoms with Gasteiger partial charge in [0.2, 0.25) is 0 Å². The maximum atomic E-state index is 13.4. The van der Waals surface area contributed by atoms with Crippen molar-refractivity contribution >= 4 is 17.6 Å². The zero-order valence-electron chi connectivity index (χ0n) is 11.0. The van der Waals surface area contributed by atoms with E-state index >= 15 is 0 Å². The molecule has 110 valence electrons. The van der Waals surface area contributed by atoms with Gasteiger partial charge in [0.1, 0.15) is 17.3 Å². The summed E-state index contributed by atoms with van der Waals surface area (Å²) in [6.45, 7) is 1.33. The van der Waals surface area contributed by atoms with E-state index in [1.165, 1.54) is 19.2 Å². The van der Waals surface area contributed by atoms with E-state index < -0.39 is 29.6 Å². The van der Waals surface area contributed by atoms with Crippen LogP contribution in [0.2, 0.25) is 0 Å². The zero-order valence-corrected chi connectivity index (χ0v) is 11.0. The van der Waals surface area contributed by atoms with Crippen LogP contribution in [0.4, 0.5) is 14.5 Å². The summed E-state index contributed by atoms with van der Waals surface area (Å²) in [4.78, 5) is 26.1. The number of aromatic nitrogens is 1. The first-order chi connectivity index (χ1) is 9.97. The molecule has 2 N–H and O–H groups in total. The van der Waals surface area contributed by atoms with Crippen molar-refractivity contribution in [1.29, 1.82) is 0 Å². The molecule has 0 radical (unpaired) electrons. The average Bonchev–Trinajstić information content (AvgIpc) is 2.97. The first-order valence-corrected chi connectivity index (χ1v) is 6.07. The number of aromatic amines is 1. The summed E-state index contributed by atoms with van der Waals surface area (Å²) in [5, 5.41) is 2.16. The molecule has 0 unspecified atom stereocenters. The van der Waals surface area contributed by atoms with Gasteiger partial charge in [-0.15, -0.1) is 0 Å². The number of carbonyl (C=O) groups excluding carboxylic acids is 2. The number of hydrogen-bond donors (Lipinski definition) is 2. The third kappa shape index (κ3) is 3.65. The molecule has 1 amide bonds. The lowest BCUT2D eigenvalue weighted by atomic mass is 10.2. The van der Waals surface area contributed by atoms with Crippen LogP contribution in [0.1, 0.15) is 17.4 Å². The molecule has 0 saturated heterocycles.